The Morgan fingerprint density at radius 3 is 2.44 bits per heavy atom. The van der Waals surface area contributed by atoms with Crippen LogP contribution in [0.4, 0.5) is 5.69 Å². The minimum Gasteiger partial charge on any atom is -0.497 e. The number of ether oxygens (including phenoxy) is 2. The SMILES string of the molecule is COc1cc2c(c(OC)c1)NCC(C(C)(C)C)C2. The fourth-order valence-corrected chi connectivity index (χ4v) is 2.46. The molecule has 0 saturated carbocycles. The monoisotopic (exact) mass is 249 g/mol. The zero-order valence-corrected chi connectivity index (χ0v) is 12.0. The lowest BCUT2D eigenvalue weighted by atomic mass is 9.75. The molecule has 1 heterocycles. The van der Waals surface area contributed by atoms with E-state index in [9.17, 15) is 0 Å². The zero-order valence-electron chi connectivity index (χ0n) is 12.0. The molecule has 0 amide bonds. The maximum absolute atomic E-state index is 5.43. The molecule has 3 heteroatoms. The molecule has 0 radical (unpaired) electrons. The van der Waals surface area contributed by atoms with Crippen LogP contribution in [0.1, 0.15) is 26.3 Å². The predicted octanol–water partition coefficient (Wildman–Crippen LogP) is 3.33. The van der Waals surface area contributed by atoms with Crippen molar-refractivity contribution in [3.05, 3.63) is 17.7 Å². The van der Waals surface area contributed by atoms with Crippen LogP contribution in [0.15, 0.2) is 12.1 Å². The van der Waals surface area contributed by atoms with E-state index in [1.165, 1.54) is 5.56 Å². The summed E-state index contributed by atoms with van der Waals surface area (Å²) in [6, 6.07) is 4.05. The van der Waals surface area contributed by atoms with Crippen molar-refractivity contribution in [3.8, 4) is 11.5 Å². The van der Waals surface area contributed by atoms with E-state index in [-0.39, 0.29) is 0 Å². The van der Waals surface area contributed by atoms with Crippen molar-refractivity contribution >= 4 is 5.69 Å². The molecular weight excluding hydrogens is 226 g/mol. The molecule has 0 aliphatic carbocycles. The van der Waals surface area contributed by atoms with Gasteiger partial charge in [0.15, 0.2) is 0 Å². The number of hydrogen-bond donors (Lipinski definition) is 1. The molecule has 2 rings (SSSR count). The Balaban J connectivity index is 2.36. The van der Waals surface area contributed by atoms with Crippen LogP contribution in [0.2, 0.25) is 0 Å². The second kappa shape index (κ2) is 4.71. The lowest BCUT2D eigenvalue weighted by molar-refractivity contribution is 0.246. The second-order valence-corrected chi connectivity index (χ2v) is 6.01. The van der Waals surface area contributed by atoms with Gasteiger partial charge in [-0.2, -0.15) is 0 Å². The molecule has 1 aliphatic heterocycles. The normalized spacial score (nSPS) is 18.8. The van der Waals surface area contributed by atoms with Crippen molar-refractivity contribution < 1.29 is 9.47 Å². The lowest BCUT2D eigenvalue weighted by Gasteiger charge is -2.36. The van der Waals surface area contributed by atoms with Crippen LogP contribution in [0.5, 0.6) is 11.5 Å². The summed E-state index contributed by atoms with van der Waals surface area (Å²) in [5, 5.41) is 3.51. The van der Waals surface area contributed by atoms with E-state index in [0.29, 0.717) is 11.3 Å². The van der Waals surface area contributed by atoms with Gasteiger partial charge in [-0.1, -0.05) is 20.8 Å². The molecule has 1 N–H and O–H groups in total. The number of nitrogens with one attached hydrogen (secondary N) is 1. The summed E-state index contributed by atoms with van der Waals surface area (Å²) in [5.41, 5.74) is 2.72. The minimum atomic E-state index is 0.307. The summed E-state index contributed by atoms with van der Waals surface area (Å²) < 4.78 is 10.8. The van der Waals surface area contributed by atoms with E-state index in [4.69, 9.17) is 9.47 Å². The molecule has 1 aromatic rings. The van der Waals surface area contributed by atoms with E-state index < -0.39 is 0 Å². The van der Waals surface area contributed by atoms with Gasteiger partial charge in [-0.05, 0) is 29.4 Å². The molecule has 18 heavy (non-hydrogen) atoms. The number of rotatable bonds is 2. The highest BCUT2D eigenvalue weighted by Gasteiger charge is 2.30. The van der Waals surface area contributed by atoms with Gasteiger partial charge in [0.25, 0.3) is 0 Å². The summed E-state index contributed by atoms with van der Waals surface area (Å²) >= 11 is 0. The topological polar surface area (TPSA) is 30.5 Å². The van der Waals surface area contributed by atoms with Gasteiger partial charge in [-0.15, -0.1) is 0 Å². The smallest absolute Gasteiger partial charge is 0.145 e. The average Bonchev–Trinajstić information content (AvgIpc) is 2.35. The minimum absolute atomic E-state index is 0.307. The Morgan fingerprint density at radius 1 is 1.17 bits per heavy atom. The number of anilines is 1. The van der Waals surface area contributed by atoms with Gasteiger partial charge in [-0.3, -0.25) is 0 Å². The van der Waals surface area contributed by atoms with Gasteiger partial charge >= 0.3 is 0 Å². The van der Waals surface area contributed by atoms with Crippen molar-refractivity contribution in [1.82, 2.24) is 0 Å². The summed E-state index contributed by atoms with van der Waals surface area (Å²) in [7, 11) is 3.39. The molecule has 0 bridgehead atoms. The maximum Gasteiger partial charge on any atom is 0.145 e. The molecule has 100 valence electrons. The Morgan fingerprint density at radius 2 is 1.89 bits per heavy atom. The summed E-state index contributed by atoms with van der Waals surface area (Å²) in [6.45, 7) is 7.88. The van der Waals surface area contributed by atoms with Crippen LogP contribution in [-0.4, -0.2) is 20.8 Å². The number of fused-ring (bicyclic) bond motifs is 1. The van der Waals surface area contributed by atoms with Gasteiger partial charge in [0.2, 0.25) is 0 Å². The fraction of sp³-hybridized carbons (Fsp3) is 0.600. The molecule has 0 spiro atoms. The second-order valence-electron chi connectivity index (χ2n) is 6.01. The molecule has 1 aromatic carbocycles. The maximum atomic E-state index is 5.43. The van der Waals surface area contributed by atoms with Gasteiger partial charge in [-0.25, -0.2) is 0 Å². The molecule has 0 saturated heterocycles. The quantitative estimate of drug-likeness (QED) is 0.872. The van der Waals surface area contributed by atoms with Crippen LogP contribution < -0.4 is 14.8 Å². The first-order chi connectivity index (χ1) is 8.45. The van der Waals surface area contributed by atoms with Crippen molar-refractivity contribution in [2.24, 2.45) is 11.3 Å². The molecule has 1 aliphatic rings. The molecular formula is C15H23NO2. The first kappa shape index (κ1) is 13.1. The lowest BCUT2D eigenvalue weighted by Crippen LogP contribution is -2.33. The predicted molar refractivity (Wildman–Crippen MR) is 74.7 cm³/mol. The van der Waals surface area contributed by atoms with E-state index in [0.717, 1.165) is 30.2 Å². The van der Waals surface area contributed by atoms with Crippen LogP contribution in [-0.2, 0) is 6.42 Å². The highest BCUT2D eigenvalue weighted by atomic mass is 16.5. The summed E-state index contributed by atoms with van der Waals surface area (Å²) in [5.74, 6) is 2.36. The third kappa shape index (κ3) is 2.40. The summed E-state index contributed by atoms with van der Waals surface area (Å²) in [6.07, 6.45) is 1.07. The zero-order chi connectivity index (χ0) is 13.3. The van der Waals surface area contributed by atoms with E-state index in [1.54, 1.807) is 14.2 Å². The fourth-order valence-electron chi connectivity index (χ4n) is 2.46. The Kier molecular flexibility index (Phi) is 3.42. The standard InChI is InChI=1S/C15H23NO2/c1-15(2,3)11-6-10-7-12(17-4)8-13(18-5)14(10)16-9-11/h7-8,11,16H,6,9H2,1-5H3. The summed E-state index contributed by atoms with van der Waals surface area (Å²) in [4.78, 5) is 0. The highest BCUT2D eigenvalue weighted by molar-refractivity contribution is 5.66. The first-order valence-corrected chi connectivity index (χ1v) is 6.44. The molecule has 1 unspecified atom stereocenters. The Labute approximate surface area is 109 Å². The van der Waals surface area contributed by atoms with Crippen molar-refractivity contribution in [2.45, 2.75) is 27.2 Å². The van der Waals surface area contributed by atoms with Crippen LogP contribution >= 0.6 is 0 Å². The van der Waals surface area contributed by atoms with E-state index in [2.05, 4.69) is 32.2 Å². The molecule has 0 fully saturated rings. The average molecular weight is 249 g/mol. The van der Waals surface area contributed by atoms with E-state index >= 15 is 0 Å². The number of benzene rings is 1. The van der Waals surface area contributed by atoms with E-state index in [1.807, 2.05) is 6.07 Å². The van der Waals surface area contributed by atoms with Crippen molar-refractivity contribution in [1.29, 1.82) is 0 Å². The Hall–Kier alpha value is -1.38. The third-order valence-electron chi connectivity index (χ3n) is 3.83. The van der Waals surface area contributed by atoms with Gasteiger partial charge in [0.1, 0.15) is 11.5 Å². The van der Waals surface area contributed by atoms with Gasteiger partial charge < -0.3 is 14.8 Å². The first-order valence-electron chi connectivity index (χ1n) is 6.44. The number of hydrogen-bond acceptors (Lipinski definition) is 3. The Bertz CT molecular complexity index is 435. The van der Waals surface area contributed by atoms with Crippen LogP contribution in [0.3, 0.4) is 0 Å². The largest absolute Gasteiger partial charge is 0.497 e. The molecule has 3 nitrogen and oxygen atoms in total. The highest BCUT2D eigenvalue weighted by Crippen LogP contribution is 2.41. The van der Waals surface area contributed by atoms with Crippen molar-refractivity contribution in [2.75, 3.05) is 26.1 Å². The van der Waals surface area contributed by atoms with Gasteiger partial charge in [0.05, 0.1) is 19.9 Å². The number of methoxy groups -OCH3 is 2. The molecule has 1 atom stereocenters. The van der Waals surface area contributed by atoms with Crippen LogP contribution in [0.25, 0.3) is 0 Å². The van der Waals surface area contributed by atoms with Crippen LogP contribution in [0, 0.1) is 11.3 Å². The van der Waals surface area contributed by atoms with Crippen molar-refractivity contribution in [3.63, 3.8) is 0 Å². The third-order valence-corrected chi connectivity index (χ3v) is 3.83. The van der Waals surface area contributed by atoms with Gasteiger partial charge in [0, 0.05) is 12.6 Å². The molecule has 0 aromatic heterocycles.